The van der Waals surface area contributed by atoms with Crippen molar-refractivity contribution in [2.75, 3.05) is 6.61 Å². The number of aliphatic hydroxyl groups is 1. The lowest BCUT2D eigenvalue weighted by Gasteiger charge is -2.03. The van der Waals surface area contributed by atoms with Gasteiger partial charge < -0.3 is 5.11 Å². The average molecular weight is 198 g/mol. The van der Waals surface area contributed by atoms with Gasteiger partial charge in [-0.25, -0.2) is 0 Å². The van der Waals surface area contributed by atoms with Crippen LogP contribution >= 0.6 is 0 Å². The molecule has 0 unspecified atom stereocenters. The molecule has 80 valence electrons. The number of rotatable bonds is 4. The molecule has 0 saturated heterocycles. The fourth-order valence-corrected chi connectivity index (χ4v) is 1.60. The number of aryl methyl sites for hydroxylation is 1. The van der Waals surface area contributed by atoms with Crippen LogP contribution in [0, 0.1) is 0 Å². The number of nitrogens with one attached hydrogen (secondary N) is 1. The molecular formula is C10H18N2O2. The second-order valence-corrected chi connectivity index (χ2v) is 3.68. The molecule has 0 aromatic carbocycles. The Hall–Kier alpha value is -1.03. The summed E-state index contributed by atoms with van der Waals surface area (Å²) < 4.78 is 1.58. The first-order valence-corrected chi connectivity index (χ1v) is 5.04. The topological polar surface area (TPSA) is 58.0 Å². The Morgan fingerprint density at radius 1 is 1.50 bits per heavy atom. The molecule has 1 aromatic rings. The normalized spacial score (nSPS) is 11.2. The molecule has 0 fully saturated rings. The maximum absolute atomic E-state index is 11.7. The maximum atomic E-state index is 11.7. The number of aromatic amines is 1. The van der Waals surface area contributed by atoms with Gasteiger partial charge in [0.05, 0.1) is 0 Å². The number of H-pyrrole nitrogens is 1. The third-order valence-corrected chi connectivity index (χ3v) is 2.34. The first-order chi connectivity index (χ1) is 6.61. The van der Waals surface area contributed by atoms with E-state index in [2.05, 4.69) is 5.10 Å². The standard InChI is InChI=1S/C10H18N2O2/c1-4-12-10(14)8(5-6-13)9(11-12)7(2)3/h7,11,13H,4-6H2,1-3H3. The Labute approximate surface area is 83.5 Å². The molecule has 0 amide bonds. The van der Waals surface area contributed by atoms with Crippen LogP contribution in [0.4, 0.5) is 0 Å². The predicted octanol–water partition coefficient (Wildman–Crippen LogP) is 0.855. The number of hydrogen-bond acceptors (Lipinski definition) is 2. The van der Waals surface area contributed by atoms with Gasteiger partial charge in [-0.05, 0) is 12.8 Å². The van der Waals surface area contributed by atoms with Gasteiger partial charge in [-0.2, -0.15) is 0 Å². The van der Waals surface area contributed by atoms with Crippen LogP contribution in [0.15, 0.2) is 4.79 Å². The molecule has 0 aliphatic heterocycles. The largest absolute Gasteiger partial charge is 0.396 e. The Kier molecular flexibility index (Phi) is 3.52. The lowest BCUT2D eigenvalue weighted by Crippen LogP contribution is -2.18. The van der Waals surface area contributed by atoms with E-state index in [0.29, 0.717) is 13.0 Å². The molecule has 1 heterocycles. The van der Waals surface area contributed by atoms with Crippen LogP contribution in [0.2, 0.25) is 0 Å². The molecule has 0 aliphatic rings. The van der Waals surface area contributed by atoms with Crippen molar-refractivity contribution in [2.24, 2.45) is 0 Å². The summed E-state index contributed by atoms with van der Waals surface area (Å²) in [5.74, 6) is 0.289. The summed E-state index contributed by atoms with van der Waals surface area (Å²) in [5, 5.41) is 11.9. The molecule has 0 radical (unpaired) electrons. The summed E-state index contributed by atoms with van der Waals surface area (Å²) in [6.07, 6.45) is 0.440. The highest BCUT2D eigenvalue weighted by molar-refractivity contribution is 5.20. The number of aliphatic hydroxyl groups excluding tert-OH is 1. The molecule has 1 rings (SSSR count). The van der Waals surface area contributed by atoms with Crippen molar-refractivity contribution < 1.29 is 5.11 Å². The highest BCUT2D eigenvalue weighted by Crippen LogP contribution is 2.14. The van der Waals surface area contributed by atoms with Crippen molar-refractivity contribution in [2.45, 2.75) is 39.7 Å². The van der Waals surface area contributed by atoms with E-state index < -0.39 is 0 Å². The fourth-order valence-electron chi connectivity index (χ4n) is 1.60. The zero-order valence-electron chi connectivity index (χ0n) is 9.00. The Morgan fingerprint density at radius 2 is 2.14 bits per heavy atom. The fraction of sp³-hybridized carbons (Fsp3) is 0.700. The highest BCUT2D eigenvalue weighted by Gasteiger charge is 2.14. The van der Waals surface area contributed by atoms with Crippen molar-refractivity contribution >= 4 is 0 Å². The first kappa shape index (κ1) is 11.0. The monoisotopic (exact) mass is 198 g/mol. The SMILES string of the molecule is CCn1[nH]c(C(C)C)c(CCO)c1=O. The lowest BCUT2D eigenvalue weighted by molar-refractivity contribution is 0.298. The molecule has 0 atom stereocenters. The van der Waals surface area contributed by atoms with Crippen LogP contribution in [-0.4, -0.2) is 21.5 Å². The van der Waals surface area contributed by atoms with Crippen molar-refractivity contribution in [3.05, 3.63) is 21.6 Å². The van der Waals surface area contributed by atoms with E-state index in [9.17, 15) is 4.79 Å². The van der Waals surface area contributed by atoms with E-state index in [1.165, 1.54) is 0 Å². The van der Waals surface area contributed by atoms with Gasteiger partial charge >= 0.3 is 0 Å². The molecule has 4 nitrogen and oxygen atoms in total. The molecule has 1 aromatic heterocycles. The summed E-state index contributed by atoms with van der Waals surface area (Å²) in [7, 11) is 0. The van der Waals surface area contributed by atoms with Crippen molar-refractivity contribution in [1.29, 1.82) is 0 Å². The van der Waals surface area contributed by atoms with Crippen molar-refractivity contribution in [3.63, 3.8) is 0 Å². The Balaban J connectivity index is 3.20. The summed E-state index contributed by atoms with van der Waals surface area (Å²) in [4.78, 5) is 11.7. The van der Waals surface area contributed by atoms with E-state index in [0.717, 1.165) is 11.3 Å². The van der Waals surface area contributed by atoms with Gasteiger partial charge in [0.25, 0.3) is 5.56 Å². The van der Waals surface area contributed by atoms with Gasteiger partial charge in [-0.15, -0.1) is 0 Å². The van der Waals surface area contributed by atoms with Crippen molar-refractivity contribution in [1.82, 2.24) is 9.78 Å². The van der Waals surface area contributed by atoms with E-state index in [-0.39, 0.29) is 18.1 Å². The van der Waals surface area contributed by atoms with Crippen LogP contribution in [0.3, 0.4) is 0 Å². The van der Waals surface area contributed by atoms with Gasteiger partial charge in [0.15, 0.2) is 0 Å². The van der Waals surface area contributed by atoms with Gasteiger partial charge in [0, 0.05) is 30.8 Å². The van der Waals surface area contributed by atoms with E-state index in [1.54, 1.807) is 4.68 Å². The predicted molar refractivity (Wildman–Crippen MR) is 55.6 cm³/mol. The molecular weight excluding hydrogens is 180 g/mol. The Morgan fingerprint density at radius 3 is 2.57 bits per heavy atom. The number of aromatic nitrogens is 2. The van der Waals surface area contributed by atoms with Gasteiger partial charge in [-0.1, -0.05) is 13.8 Å². The van der Waals surface area contributed by atoms with Crippen LogP contribution in [0.5, 0.6) is 0 Å². The summed E-state index contributed by atoms with van der Waals surface area (Å²) in [6.45, 7) is 6.66. The Bertz CT molecular complexity index is 349. The molecule has 0 saturated carbocycles. The maximum Gasteiger partial charge on any atom is 0.270 e. The van der Waals surface area contributed by atoms with Crippen LogP contribution < -0.4 is 5.56 Å². The second-order valence-electron chi connectivity index (χ2n) is 3.68. The average Bonchev–Trinajstić information content (AvgIpc) is 2.45. The van der Waals surface area contributed by atoms with Crippen LogP contribution in [0.25, 0.3) is 0 Å². The first-order valence-electron chi connectivity index (χ1n) is 5.04. The third kappa shape index (κ3) is 1.90. The van der Waals surface area contributed by atoms with E-state index in [1.807, 2.05) is 20.8 Å². The van der Waals surface area contributed by atoms with Gasteiger partial charge in [-0.3, -0.25) is 14.6 Å². The van der Waals surface area contributed by atoms with Gasteiger partial charge in [0.2, 0.25) is 0 Å². The van der Waals surface area contributed by atoms with Crippen LogP contribution in [-0.2, 0) is 13.0 Å². The molecule has 2 N–H and O–H groups in total. The molecule has 14 heavy (non-hydrogen) atoms. The third-order valence-electron chi connectivity index (χ3n) is 2.34. The zero-order valence-corrected chi connectivity index (χ0v) is 9.00. The minimum absolute atomic E-state index is 0.00486. The summed E-state index contributed by atoms with van der Waals surface area (Å²) in [6, 6.07) is 0. The molecule has 0 bridgehead atoms. The number of nitrogens with zero attached hydrogens (tertiary/aromatic N) is 1. The second kappa shape index (κ2) is 4.46. The minimum atomic E-state index is 0.00486. The molecule has 0 spiro atoms. The van der Waals surface area contributed by atoms with Crippen molar-refractivity contribution in [3.8, 4) is 0 Å². The smallest absolute Gasteiger partial charge is 0.270 e. The summed E-state index contributed by atoms with van der Waals surface area (Å²) >= 11 is 0. The lowest BCUT2D eigenvalue weighted by atomic mass is 10.0. The van der Waals surface area contributed by atoms with Gasteiger partial charge in [0.1, 0.15) is 0 Å². The number of hydrogen-bond donors (Lipinski definition) is 2. The quantitative estimate of drug-likeness (QED) is 0.753. The highest BCUT2D eigenvalue weighted by atomic mass is 16.3. The van der Waals surface area contributed by atoms with Crippen LogP contribution in [0.1, 0.15) is 37.9 Å². The molecule has 4 heteroatoms. The summed E-state index contributed by atoms with van der Waals surface area (Å²) in [5.41, 5.74) is 1.68. The molecule has 0 aliphatic carbocycles. The van der Waals surface area contributed by atoms with E-state index >= 15 is 0 Å². The van der Waals surface area contributed by atoms with E-state index in [4.69, 9.17) is 5.11 Å². The minimum Gasteiger partial charge on any atom is -0.396 e. The zero-order chi connectivity index (χ0) is 10.7.